The first-order chi connectivity index (χ1) is 7.85. The lowest BCUT2D eigenvalue weighted by molar-refractivity contribution is 0.342. The molecule has 3 nitrogen and oxygen atoms in total. The minimum absolute atomic E-state index is 0.600. The quantitative estimate of drug-likeness (QED) is 0.834. The predicted molar refractivity (Wildman–Crippen MR) is 65.8 cm³/mol. The fourth-order valence-electron chi connectivity index (χ4n) is 2.48. The van der Waals surface area contributed by atoms with E-state index in [1.165, 1.54) is 12.0 Å². The molecule has 0 aromatic heterocycles. The summed E-state index contributed by atoms with van der Waals surface area (Å²) >= 11 is 0. The molecule has 1 atom stereocenters. The summed E-state index contributed by atoms with van der Waals surface area (Å²) in [6.45, 7) is 4.02. The summed E-state index contributed by atoms with van der Waals surface area (Å²) in [4.78, 5) is 2.43. The van der Waals surface area contributed by atoms with Crippen LogP contribution in [0.3, 0.4) is 0 Å². The molecule has 0 radical (unpaired) electrons. The second-order valence-electron chi connectivity index (χ2n) is 4.32. The summed E-state index contributed by atoms with van der Waals surface area (Å²) in [7, 11) is 1.74. The lowest BCUT2D eigenvalue weighted by Crippen LogP contribution is -2.27. The third-order valence-corrected chi connectivity index (χ3v) is 3.30. The number of nitrogens with two attached hydrogens (primary N) is 1. The molecule has 2 rings (SSSR count). The molecular formula is C13H20N2O. The van der Waals surface area contributed by atoms with Crippen LogP contribution in [-0.4, -0.2) is 38.2 Å². The van der Waals surface area contributed by atoms with Crippen LogP contribution in [0.4, 0.5) is 0 Å². The van der Waals surface area contributed by atoms with Gasteiger partial charge in [0.1, 0.15) is 5.75 Å². The van der Waals surface area contributed by atoms with Crippen LogP contribution >= 0.6 is 0 Å². The van der Waals surface area contributed by atoms with Gasteiger partial charge < -0.3 is 15.4 Å². The van der Waals surface area contributed by atoms with Crippen molar-refractivity contribution in [3.63, 3.8) is 0 Å². The maximum absolute atomic E-state index is 5.58. The number of para-hydroxylation sites is 1. The third-order valence-electron chi connectivity index (χ3n) is 3.30. The Balaban J connectivity index is 2.08. The Morgan fingerprint density at radius 2 is 2.25 bits per heavy atom. The number of benzene rings is 1. The van der Waals surface area contributed by atoms with E-state index in [0.717, 1.165) is 31.9 Å². The summed E-state index contributed by atoms with van der Waals surface area (Å²) in [5, 5.41) is 0. The van der Waals surface area contributed by atoms with Crippen LogP contribution in [-0.2, 0) is 0 Å². The molecule has 0 bridgehead atoms. The van der Waals surface area contributed by atoms with Gasteiger partial charge in [-0.05, 0) is 24.6 Å². The van der Waals surface area contributed by atoms with Crippen molar-refractivity contribution in [1.82, 2.24) is 4.90 Å². The Hall–Kier alpha value is -1.06. The van der Waals surface area contributed by atoms with E-state index in [1.54, 1.807) is 7.11 Å². The number of hydrogen-bond donors (Lipinski definition) is 1. The monoisotopic (exact) mass is 220 g/mol. The zero-order chi connectivity index (χ0) is 11.4. The van der Waals surface area contributed by atoms with Crippen LogP contribution in [0.1, 0.15) is 17.9 Å². The highest BCUT2D eigenvalue weighted by molar-refractivity contribution is 5.36. The molecule has 0 amide bonds. The van der Waals surface area contributed by atoms with Gasteiger partial charge in [0.25, 0.3) is 0 Å². The van der Waals surface area contributed by atoms with Gasteiger partial charge in [0.2, 0.25) is 0 Å². The molecule has 1 aliphatic heterocycles. The van der Waals surface area contributed by atoms with Gasteiger partial charge >= 0.3 is 0 Å². The number of hydrogen-bond acceptors (Lipinski definition) is 3. The molecule has 1 aliphatic rings. The first-order valence-electron chi connectivity index (χ1n) is 5.90. The molecule has 1 unspecified atom stereocenters. The molecule has 1 fully saturated rings. The largest absolute Gasteiger partial charge is 0.496 e. The topological polar surface area (TPSA) is 38.5 Å². The minimum Gasteiger partial charge on any atom is -0.496 e. The molecule has 3 heteroatoms. The zero-order valence-electron chi connectivity index (χ0n) is 9.86. The smallest absolute Gasteiger partial charge is 0.122 e. The van der Waals surface area contributed by atoms with Crippen molar-refractivity contribution in [1.29, 1.82) is 0 Å². The lowest BCUT2D eigenvalue weighted by Gasteiger charge is -2.16. The molecule has 1 heterocycles. The molecule has 16 heavy (non-hydrogen) atoms. The normalized spacial score (nSPS) is 21.2. The van der Waals surface area contributed by atoms with Gasteiger partial charge in [0, 0.05) is 25.6 Å². The van der Waals surface area contributed by atoms with E-state index >= 15 is 0 Å². The molecule has 0 aliphatic carbocycles. The number of ether oxygens (including phenoxy) is 1. The van der Waals surface area contributed by atoms with E-state index in [-0.39, 0.29) is 0 Å². The zero-order valence-corrected chi connectivity index (χ0v) is 9.86. The van der Waals surface area contributed by atoms with Crippen molar-refractivity contribution >= 4 is 0 Å². The Kier molecular flexibility index (Phi) is 3.80. The van der Waals surface area contributed by atoms with Gasteiger partial charge in [-0.25, -0.2) is 0 Å². The third kappa shape index (κ3) is 2.36. The highest BCUT2D eigenvalue weighted by Crippen LogP contribution is 2.32. The van der Waals surface area contributed by atoms with Crippen molar-refractivity contribution in [2.45, 2.75) is 12.3 Å². The Morgan fingerprint density at radius 3 is 3.00 bits per heavy atom. The second kappa shape index (κ2) is 5.32. The maximum Gasteiger partial charge on any atom is 0.122 e. The second-order valence-corrected chi connectivity index (χ2v) is 4.32. The van der Waals surface area contributed by atoms with E-state index in [4.69, 9.17) is 10.5 Å². The fourth-order valence-corrected chi connectivity index (χ4v) is 2.48. The predicted octanol–water partition coefficient (Wildman–Crippen LogP) is 1.44. The summed E-state index contributed by atoms with van der Waals surface area (Å²) in [6.07, 6.45) is 1.21. The van der Waals surface area contributed by atoms with Crippen molar-refractivity contribution < 1.29 is 4.74 Å². The van der Waals surface area contributed by atoms with Gasteiger partial charge in [0.15, 0.2) is 0 Å². The molecule has 1 aromatic carbocycles. The summed E-state index contributed by atoms with van der Waals surface area (Å²) in [5.41, 5.74) is 6.92. The number of nitrogens with zero attached hydrogens (tertiary/aromatic N) is 1. The van der Waals surface area contributed by atoms with Crippen LogP contribution in [0, 0.1) is 0 Å². The Morgan fingerprint density at radius 1 is 1.44 bits per heavy atom. The van der Waals surface area contributed by atoms with Gasteiger partial charge in [-0.15, -0.1) is 0 Å². The molecule has 1 saturated heterocycles. The van der Waals surface area contributed by atoms with Gasteiger partial charge in [-0.2, -0.15) is 0 Å². The highest BCUT2D eigenvalue weighted by atomic mass is 16.5. The SMILES string of the molecule is COc1ccccc1C1CCN(CCN)C1. The van der Waals surface area contributed by atoms with E-state index in [1.807, 2.05) is 12.1 Å². The van der Waals surface area contributed by atoms with E-state index < -0.39 is 0 Å². The van der Waals surface area contributed by atoms with Crippen LogP contribution in [0.5, 0.6) is 5.75 Å². The van der Waals surface area contributed by atoms with Crippen LogP contribution in [0.25, 0.3) is 0 Å². The number of rotatable bonds is 4. The molecule has 2 N–H and O–H groups in total. The maximum atomic E-state index is 5.58. The minimum atomic E-state index is 0.600. The van der Waals surface area contributed by atoms with Gasteiger partial charge in [0.05, 0.1) is 7.11 Å². The number of methoxy groups -OCH3 is 1. The summed E-state index contributed by atoms with van der Waals surface area (Å²) in [6, 6.07) is 8.33. The van der Waals surface area contributed by atoms with E-state index in [2.05, 4.69) is 17.0 Å². The Bertz CT molecular complexity index is 340. The molecule has 0 saturated carbocycles. The number of likely N-dealkylation sites (tertiary alicyclic amines) is 1. The molecule has 0 spiro atoms. The average Bonchev–Trinajstić information content (AvgIpc) is 2.78. The van der Waals surface area contributed by atoms with Crippen molar-refractivity contribution in [3.8, 4) is 5.75 Å². The average molecular weight is 220 g/mol. The fraction of sp³-hybridized carbons (Fsp3) is 0.538. The van der Waals surface area contributed by atoms with Crippen molar-refractivity contribution in [2.75, 3.05) is 33.3 Å². The Labute approximate surface area is 97.2 Å². The van der Waals surface area contributed by atoms with Crippen molar-refractivity contribution in [3.05, 3.63) is 29.8 Å². The highest BCUT2D eigenvalue weighted by Gasteiger charge is 2.25. The molecule has 88 valence electrons. The lowest BCUT2D eigenvalue weighted by atomic mass is 9.97. The first kappa shape index (κ1) is 11.4. The standard InChI is InChI=1S/C13H20N2O/c1-16-13-5-3-2-4-12(13)11-6-8-15(10-11)9-7-14/h2-5,11H,6-10,14H2,1H3. The van der Waals surface area contributed by atoms with Crippen molar-refractivity contribution in [2.24, 2.45) is 5.73 Å². The van der Waals surface area contributed by atoms with Crippen LogP contribution in [0.15, 0.2) is 24.3 Å². The summed E-state index contributed by atoms with van der Waals surface area (Å²) < 4.78 is 5.41. The molecular weight excluding hydrogens is 200 g/mol. The van der Waals surface area contributed by atoms with Gasteiger partial charge in [-0.3, -0.25) is 0 Å². The van der Waals surface area contributed by atoms with Crippen LogP contribution < -0.4 is 10.5 Å². The van der Waals surface area contributed by atoms with Crippen LogP contribution in [0.2, 0.25) is 0 Å². The first-order valence-corrected chi connectivity index (χ1v) is 5.90. The van der Waals surface area contributed by atoms with E-state index in [0.29, 0.717) is 5.92 Å². The summed E-state index contributed by atoms with van der Waals surface area (Å²) in [5.74, 6) is 1.62. The molecule has 1 aromatic rings. The van der Waals surface area contributed by atoms with Gasteiger partial charge in [-0.1, -0.05) is 18.2 Å². The van der Waals surface area contributed by atoms with E-state index in [9.17, 15) is 0 Å².